The molecule has 0 aliphatic heterocycles. The largest absolute Gasteiger partial charge is 0.367 e. The van der Waals surface area contributed by atoms with Crippen LogP contribution in [0.25, 0.3) is 0 Å². The maximum Gasteiger partial charge on any atom is 0.156 e. The summed E-state index contributed by atoms with van der Waals surface area (Å²) in [5, 5.41) is 3.44. The zero-order chi connectivity index (χ0) is 11.5. The van der Waals surface area contributed by atoms with E-state index in [0.717, 1.165) is 0 Å². The second kappa shape index (κ2) is 4.78. The maximum atomic E-state index is 10.9. The molecule has 0 radical (unpaired) electrons. The molecule has 4 nitrogen and oxygen atoms in total. The molecule has 1 unspecified atom stereocenters. The Morgan fingerprint density at radius 3 is 2.88 bits per heavy atom. The van der Waals surface area contributed by atoms with Crippen molar-refractivity contribution in [3.05, 3.63) is 17.0 Å². The van der Waals surface area contributed by atoms with Crippen LogP contribution in [0, 0.1) is 5.92 Å². The first-order valence-corrected chi connectivity index (χ1v) is 5.82. The fraction of sp³-hybridized carbons (Fsp3) is 0.545. The van der Waals surface area contributed by atoms with Crippen molar-refractivity contribution in [1.82, 2.24) is 9.97 Å². The summed E-state index contributed by atoms with van der Waals surface area (Å²) in [6, 6.07) is 0.318. The number of hydrogen-bond acceptors (Lipinski definition) is 4. The van der Waals surface area contributed by atoms with Gasteiger partial charge in [0, 0.05) is 6.04 Å². The van der Waals surface area contributed by atoms with Crippen LogP contribution in [-0.2, 0) is 0 Å². The van der Waals surface area contributed by atoms with E-state index in [9.17, 15) is 4.79 Å². The van der Waals surface area contributed by atoms with Gasteiger partial charge in [0.15, 0.2) is 6.29 Å². The monoisotopic (exact) mass is 239 g/mol. The van der Waals surface area contributed by atoms with Crippen LogP contribution in [0.15, 0.2) is 6.33 Å². The molecule has 0 bridgehead atoms. The number of nitrogens with one attached hydrogen (secondary N) is 1. The molecule has 1 aromatic rings. The Kier molecular flexibility index (Phi) is 3.39. The molecule has 0 saturated heterocycles. The van der Waals surface area contributed by atoms with Gasteiger partial charge in [-0.2, -0.15) is 0 Å². The second-order valence-corrected chi connectivity index (χ2v) is 4.53. The Labute approximate surface area is 99.4 Å². The van der Waals surface area contributed by atoms with Crippen LogP contribution in [0.5, 0.6) is 0 Å². The van der Waals surface area contributed by atoms with Gasteiger partial charge in [0.1, 0.15) is 17.3 Å². The van der Waals surface area contributed by atoms with Gasteiger partial charge in [0.25, 0.3) is 0 Å². The highest BCUT2D eigenvalue weighted by Gasteiger charge is 2.24. The van der Waals surface area contributed by atoms with Gasteiger partial charge in [-0.25, -0.2) is 9.97 Å². The topological polar surface area (TPSA) is 54.9 Å². The van der Waals surface area contributed by atoms with E-state index in [1.807, 2.05) is 0 Å². The molecule has 1 saturated carbocycles. The first-order valence-electron chi connectivity index (χ1n) is 5.44. The van der Waals surface area contributed by atoms with Crippen LogP contribution in [0.3, 0.4) is 0 Å². The number of carbonyl (C=O) groups is 1. The molecule has 16 heavy (non-hydrogen) atoms. The van der Waals surface area contributed by atoms with Gasteiger partial charge < -0.3 is 5.32 Å². The first kappa shape index (κ1) is 11.3. The number of hydrogen-bond donors (Lipinski definition) is 1. The fourth-order valence-corrected chi connectivity index (χ4v) is 2.04. The summed E-state index contributed by atoms with van der Waals surface area (Å²) in [5.41, 5.74) is 0.343. The minimum Gasteiger partial charge on any atom is -0.367 e. The molecule has 0 aromatic carbocycles. The van der Waals surface area contributed by atoms with Gasteiger partial charge in [-0.3, -0.25) is 4.79 Å². The Morgan fingerprint density at radius 1 is 1.56 bits per heavy atom. The van der Waals surface area contributed by atoms with Crippen molar-refractivity contribution in [3.63, 3.8) is 0 Å². The van der Waals surface area contributed by atoms with E-state index in [0.29, 0.717) is 29.6 Å². The molecular weight excluding hydrogens is 226 g/mol. The van der Waals surface area contributed by atoms with E-state index in [1.165, 1.54) is 25.6 Å². The smallest absolute Gasteiger partial charge is 0.156 e. The van der Waals surface area contributed by atoms with E-state index in [2.05, 4.69) is 22.2 Å². The summed E-state index contributed by atoms with van der Waals surface area (Å²) in [5.74, 6) is 1.21. The molecule has 1 fully saturated rings. The lowest BCUT2D eigenvalue weighted by molar-refractivity contribution is 0.112. The van der Waals surface area contributed by atoms with E-state index in [4.69, 9.17) is 11.6 Å². The molecule has 0 amide bonds. The molecule has 1 aliphatic rings. The molecule has 86 valence electrons. The highest BCUT2D eigenvalue weighted by molar-refractivity contribution is 6.32. The second-order valence-electron chi connectivity index (χ2n) is 4.17. The summed E-state index contributed by atoms with van der Waals surface area (Å²) in [4.78, 5) is 18.7. The zero-order valence-electron chi connectivity index (χ0n) is 9.11. The molecular formula is C11H14ClN3O. The van der Waals surface area contributed by atoms with Crippen LogP contribution in [0.4, 0.5) is 5.82 Å². The molecule has 1 aromatic heterocycles. The number of nitrogens with zero attached hydrogens (tertiary/aromatic N) is 2. The third-order valence-corrected chi connectivity index (χ3v) is 3.48. The lowest BCUT2D eigenvalue weighted by Gasteiger charge is -2.32. The SMILES string of the molecule is CC(Nc1ncnc(Cl)c1C=O)C1CCC1. The van der Waals surface area contributed by atoms with Gasteiger partial charge in [-0.05, 0) is 25.7 Å². The van der Waals surface area contributed by atoms with Crippen molar-refractivity contribution in [1.29, 1.82) is 0 Å². The Morgan fingerprint density at radius 2 is 2.31 bits per heavy atom. The highest BCUT2D eigenvalue weighted by Crippen LogP contribution is 2.31. The molecule has 1 aliphatic carbocycles. The molecule has 1 heterocycles. The quantitative estimate of drug-likeness (QED) is 0.648. The van der Waals surface area contributed by atoms with Crippen LogP contribution in [-0.4, -0.2) is 22.3 Å². The normalized spacial score (nSPS) is 17.6. The van der Waals surface area contributed by atoms with Crippen molar-refractivity contribution in [2.45, 2.75) is 32.2 Å². The summed E-state index contributed by atoms with van der Waals surface area (Å²) < 4.78 is 0. The minimum absolute atomic E-state index is 0.202. The molecule has 2 rings (SSSR count). The Bertz CT molecular complexity index is 393. The lowest BCUT2D eigenvalue weighted by Crippen LogP contribution is -2.31. The van der Waals surface area contributed by atoms with E-state index in [1.54, 1.807) is 0 Å². The summed E-state index contributed by atoms with van der Waals surface area (Å²) in [7, 11) is 0. The average molecular weight is 240 g/mol. The number of aldehydes is 1. The summed E-state index contributed by atoms with van der Waals surface area (Å²) in [6.45, 7) is 2.11. The zero-order valence-corrected chi connectivity index (χ0v) is 9.87. The van der Waals surface area contributed by atoms with Gasteiger partial charge >= 0.3 is 0 Å². The number of carbonyl (C=O) groups excluding carboxylic acids is 1. The Balaban J connectivity index is 2.13. The van der Waals surface area contributed by atoms with Gasteiger partial charge in [0.05, 0.1) is 5.56 Å². The Hall–Kier alpha value is -1.16. The first-order chi connectivity index (χ1) is 7.72. The number of aromatic nitrogens is 2. The molecule has 0 spiro atoms. The average Bonchev–Trinajstić information content (AvgIpc) is 2.15. The molecule has 1 atom stereocenters. The number of anilines is 1. The van der Waals surface area contributed by atoms with E-state index >= 15 is 0 Å². The molecule has 1 N–H and O–H groups in total. The standard InChI is InChI=1S/C11H14ClN3O/c1-7(8-3-2-4-8)15-11-9(5-16)10(12)13-6-14-11/h5-8H,2-4H2,1H3,(H,13,14,15). The van der Waals surface area contributed by atoms with Crippen LogP contribution in [0.1, 0.15) is 36.5 Å². The van der Waals surface area contributed by atoms with Crippen LogP contribution in [0.2, 0.25) is 5.15 Å². The third kappa shape index (κ3) is 2.16. The molecule has 5 heteroatoms. The van der Waals surface area contributed by atoms with Crippen molar-refractivity contribution in [2.75, 3.05) is 5.32 Å². The predicted molar refractivity (Wildman–Crippen MR) is 62.9 cm³/mol. The van der Waals surface area contributed by atoms with Crippen molar-refractivity contribution >= 4 is 23.7 Å². The number of halogens is 1. The fourth-order valence-electron chi connectivity index (χ4n) is 1.87. The summed E-state index contributed by atoms with van der Waals surface area (Å²) in [6.07, 6.45) is 5.83. The predicted octanol–water partition coefficient (Wildman–Crippen LogP) is 2.54. The van der Waals surface area contributed by atoms with Gasteiger partial charge in [0.2, 0.25) is 0 Å². The van der Waals surface area contributed by atoms with Crippen molar-refractivity contribution in [3.8, 4) is 0 Å². The van der Waals surface area contributed by atoms with Crippen molar-refractivity contribution in [2.24, 2.45) is 5.92 Å². The lowest BCUT2D eigenvalue weighted by atomic mass is 9.80. The van der Waals surface area contributed by atoms with Crippen LogP contribution >= 0.6 is 11.6 Å². The number of rotatable bonds is 4. The van der Waals surface area contributed by atoms with Gasteiger partial charge in [-0.1, -0.05) is 18.0 Å². The van der Waals surface area contributed by atoms with E-state index in [-0.39, 0.29) is 5.15 Å². The van der Waals surface area contributed by atoms with Crippen LogP contribution < -0.4 is 5.32 Å². The highest BCUT2D eigenvalue weighted by atomic mass is 35.5. The summed E-state index contributed by atoms with van der Waals surface area (Å²) >= 11 is 5.82. The van der Waals surface area contributed by atoms with Gasteiger partial charge in [-0.15, -0.1) is 0 Å². The maximum absolute atomic E-state index is 10.9. The third-order valence-electron chi connectivity index (χ3n) is 3.17. The minimum atomic E-state index is 0.202. The van der Waals surface area contributed by atoms with E-state index < -0.39 is 0 Å². The van der Waals surface area contributed by atoms with Crippen molar-refractivity contribution < 1.29 is 4.79 Å².